The average Bonchev–Trinajstić information content (AvgIpc) is 2.77. The van der Waals surface area contributed by atoms with Gasteiger partial charge in [-0.25, -0.2) is 0 Å². The van der Waals surface area contributed by atoms with Gasteiger partial charge in [0.1, 0.15) is 11.5 Å². The van der Waals surface area contributed by atoms with Crippen LogP contribution in [0.15, 0.2) is 10.5 Å². The van der Waals surface area contributed by atoms with E-state index in [1.165, 1.54) is 0 Å². The first-order valence-electron chi connectivity index (χ1n) is 7.48. The standard InChI is InChI=1S/C16H23NO4/c1-9-7-14(11(3)21-9)10(2)17-15(18)12-5-4-6-13(8-12)16(19)20/h7,10,12-13H,4-6,8H2,1-3H3,(H,17,18)(H,19,20). The van der Waals surface area contributed by atoms with E-state index in [0.717, 1.165) is 29.9 Å². The van der Waals surface area contributed by atoms with Crippen LogP contribution in [0.2, 0.25) is 0 Å². The lowest BCUT2D eigenvalue weighted by atomic mass is 9.81. The highest BCUT2D eigenvalue weighted by Gasteiger charge is 2.31. The van der Waals surface area contributed by atoms with Gasteiger partial charge in [-0.3, -0.25) is 9.59 Å². The van der Waals surface area contributed by atoms with Gasteiger partial charge in [0.15, 0.2) is 0 Å². The molecule has 1 aliphatic rings. The minimum absolute atomic E-state index is 0.0493. The fourth-order valence-electron chi connectivity index (χ4n) is 3.14. The molecule has 21 heavy (non-hydrogen) atoms. The van der Waals surface area contributed by atoms with E-state index in [1.807, 2.05) is 26.8 Å². The van der Waals surface area contributed by atoms with Gasteiger partial charge >= 0.3 is 5.97 Å². The zero-order chi connectivity index (χ0) is 15.6. The molecule has 5 nitrogen and oxygen atoms in total. The molecule has 1 amide bonds. The van der Waals surface area contributed by atoms with Crippen LogP contribution in [-0.2, 0) is 9.59 Å². The number of rotatable bonds is 4. The van der Waals surface area contributed by atoms with Gasteiger partial charge in [0, 0.05) is 11.5 Å². The number of furan rings is 1. The summed E-state index contributed by atoms with van der Waals surface area (Å²) >= 11 is 0. The van der Waals surface area contributed by atoms with Crippen molar-refractivity contribution >= 4 is 11.9 Å². The van der Waals surface area contributed by atoms with Crippen molar-refractivity contribution in [3.05, 3.63) is 23.2 Å². The van der Waals surface area contributed by atoms with Gasteiger partial charge in [-0.2, -0.15) is 0 Å². The zero-order valence-electron chi connectivity index (χ0n) is 12.8. The maximum atomic E-state index is 12.3. The Morgan fingerprint density at radius 2 is 2.00 bits per heavy atom. The second kappa shape index (κ2) is 6.33. The maximum Gasteiger partial charge on any atom is 0.306 e. The number of aliphatic carboxylic acids is 1. The Hall–Kier alpha value is -1.78. The topological polar surface area (TPSA) is 79.5 Å². The molecule has 1 heterocycles. The summed E-state index contributed by atoms with van der Waals surface area (Å²) in [5, 5.41) is 12.1. The Morgan fingerprint density at radius 3 is 2.57 bits per heavy atom. The second-order valence-electron chi connectivity index (χ2n) is 6.00. The molecule has 3 atom stereocenters. The molecule has 1 aliphatic carbocycles. The van der Waals surface area contributed by atoms with Gasteiger partial charge in [-0.15, -0.1) is 0 Å². The van der Waals surface area contributed by atoms with E-state index in [9.17, 15) is 9.59 Å². The molecule has 0 aliphatic heterocycles. The highest BCUT2D eigenvalue weighted by Crippen LogP contribution is 2.30. The Morgan fingerprint density at radius 1 is 1.33 bits per heavy atom. The summed E-state index contributed by atoms with van der Waals surface area (Å²) in [6.07, 6.45) is 2.69. The van der Waals surface area contributed by atoms with Gasteiger partial charge in [-0.1, -0.05) is 6.42 Å². The predicted molar refractivity (Wildman–Crippen MR) is 77.8 cm³/mol. The number of hydrogen-bond donors (Lipinski definition) is 2. The number of nitrogens with one attached hydrogen (secondary N) is 1. The Bertz CT molecular complexity index is 534. The summed E-state index contributed by atoms with van der Waals surface area (Å²) in [7, 11) is 0. The molecule has 0 saturated heterocycles. The molecule has 1 saturated carbocycles. The Labute approximate surface area is 124 Å². The van der Waals surface area contributed by atoms with E-state index in [4.69, 9.17) is 9.52 Å². The molecule has 2 N–H and O–H groups in total. The average molecular weight is 293 g/mol. The highest BCUT2D eigenvalue weighted by molar-refractivity contribution is 5.80. The monoisotopic (exact) mass is 293 g/mol. The van der Waals surface area contributed by atoms with Crippen LogP contribution in [0.25, 0.3) is 0 Å². The number of aryl methyl sites for hydroxylation is 2. The van der Waals surface area contributed by atoms with Crippen molar-refractivity contribution in [3.63, 3.8) is 0 Å². The summed E-state index contributed by atoms with van der Waals surface area (Å²) in [5.74, 6) is 0.214. The number of carbonyl (C=O) groups is 2. The molecule has 2 rings (SSSR count). The van der Waals surface area contributed by atoms with E-state index >= 15 is 0 Å². The van der Waals surface area contributed by atoms with Crippen LogP contribution in [0.4, 0.5) is 0 Å². The first-order chi connectivity index (χ1) is 9.88. The van der Waals surface area contributed by atoms with Crippen LogP contribution >= 0.6 is 0 Å². The Kier molecular flexibility index (Phi) is 4.70. The van der Waals surface area contributed by atoms with E-state index < -0.39 is 5.97 Å². The molecule has 0 aromatic carbocycles. The molecule has 0 bridgehead atoms. The van der Waals surface area contributed by atoms with Crippen LogP contribution < -0.4 is 5.32 Å². The van der Waals surface area contributed by atoms with Crippen molar-refractivity contribution < 1.29 is 19.1 Å². The molecule has 1 aromatic heterocycles. The van der Waals surface area contributed by atoms with Gasteiger partial charge in [0.25, 0.3) is 0 Å². The molecule has 5 heteroatoms. The van der Waals surface area contributed by atoms with E-state index in [1.54, 1.807) is 0 Å². The largest absolute Gasteiger partial charge is 0.481 e. The normalized spacial score (nSPS) is 23.6. The third-order valence-corrected chi connectivity index (χ3v) is 4.30. The fourth-order valence-corrected chi connectivity index (χ4v) is 3.14. The number of carboxylic acid groups (broad SMARTS) is 1. The smallest absolute Gasteiger partial charge is 0.306 e. The van der Waals surface area contributed by atoms with Gasteiger partial charge in [-0.05, 0) is 46.1 Å². The van der Waals surface area contributed by atoms with E-state index in [0.29, 0.717) is 12.8 Å². The fraction of sp³-hybridized carbons (Fsp3) is 0.625. The van der Waals surface area contributed by atoms with Crippen LogP contribution in [0.3, 0.4) is 0 Å². The summed E-state index contributed by atoms with van der Waals surface area (Å²) < 4.78 is 5.48. The third-order valence-electron chi connectivity index (χ3n) is 4.30. The van der Waals surface area contributed by atoms with Gasteiger partial charge in [0.05, 0.1) is 12.0 Å². The van der Waals surface area contributed by atoms with E-state index in [-0.39, 0.29) is 23.8 Å². The van der Waals surface area contributed by atoms with Crippen molar-refractivity contribution in [2.75, 3.05) is 0 Å². The Balaban J connectivity index is 1.97. The lowest BCUT2D eigenvalue weighted by molar-refractivity contribution is -0.144. The summed E-state index contributed by atoms with van der Waals surface area (Å²) in [4.78, 5) is 23.4. The van der Waals surface area contributed by atoms with Crippen LogP contribution in [0, 0.1) is 25.7 Å². The maximum absolute atomic E-state index is 12.3. The first-order valence-corrected chi connectivity index (χ1v) is 7.48. The summed E-state index contributed by atoms with van der Waals surface area (Å²) in [6, 6.07) is 1.81. The van der Waals surface area contributed by atoms with Gasteiger partial charge < -0.3 is 14.8 Å². The molecule has 1 fully saturated rings. The van der Waals surface area contributed by atoms with E-state index in [2.05, 4.69) is 5.32 Å². The molecule has 116 valence electrons. The van der Waals surface area contributed by atoms with Crippen molar-refractivity contribution in [3.8, 4) is 0 Å². The third kappa shape index (κ3) is 3.65. The lowest BCUT2D eigenvalue weighted by Gasteiger charge is -2.27. The highest BCUT2D eigenvalue weighted by atomic mass is 16.4. The summed E-state index contributed by atoms with van der Waals surface area (Å²) in [6.45, 7) is 5.68. The molecule has 0 radical (unpaired) electrons. The zero-order valence-corrected chi connectivity index (χ0v) is 12.8. The molecule has 3 unspecified atom stereocenters. The number of carbonyl (C=O) groups excluding carboxylic acids is 1. The molecule has 0 spiro atoms. The van der Waals surface area contributed by atoms with Crippen molar-refractivity contribution in [1.82, 2.24) is 5.32 Å². The predicted octanol–water partition coefficient (Wildman–Crippen LogP) is 2.96. The number of amides is 1. The number of hydrogen-bond acceptors (Lipinski definition) is 3. The minimum atomic E-state index is -0.790. The molecule has 1 aromatic rings. The quantitative estimate of drug-likeness (QED) is 0.894. The van der Waals surface area contributed by atoms with Crippen molar-refractivity contribution in [1.29, 1.82) is 0 Å². The number of carboxylic acids is 1. The molecular formula is C16H23NO4. The lowest BCUT2D eigenvalue weighted by Crippen LogP contribution is -2.36. The summed E-state index contributed by atoms with van der Waals surface area (Å²) in [5.41, 5.74) is 0.978. The molecular weight excluding hydrogens is 270 g/mol. The second-order valence-corrected chi connectivity index (χ2v) is 6.00. The van der Waals surface area contributed by atoms with Crippen molar-refractivity contribution in [2.45, 2.75) is 52.5 Å². The SMILES string of the molecule is Cc1cc(C(C)NC(=O)C2CCCC(C(=O)O)C2)c(C)o1. The van der Waals surface area contributed by atoms with Crippen LogP contribution in [0.1, 0.15) is 55.7 Å². The minimum Gasteiger partial charge on any atom is -0.481 e. The van der Waals surface area contributed by atoms with Crippen LogP contribution in [-0.4, -0.2) is 17.0 Å². The van der Waals surface area contributed by atoms with Gasteiger partial charge in [0.2, 0.25) is 5.91 Å². The van der Waals surface area contributed by atoms with Crippen molar-refractivity contribution in [2.24, 2.45) is 11.8 Å². The van der Waals surface area contributed by atoms with Crippen LogP contribution in [0.5, 0.6) is 0 Å². The first kappa shape index (κ1) is 15.6.